The van der Waals surface area contributed by atoms with E-state index in [-0.39, 0.29) is 11.9 Å². The lowest BCUT2D eigenvalue weighted by atomic mass is 9.84. The molecule has 5 rings (SSSR count). The third-order valence-corrected chi connectivity index (χ3v) is 7.40. The Labute approximate surface area is 232 Å². The molecule has 1 unspecified atom stereocenters. The van der Waals surface area contributed by atoms with E-state index in [0.717, 1.165) is 29.2 Å². The summed E-state index contributed by atoms with van der Waals surface area (Å²) in [4.78, 5) is 14.9. The Morgan fingerprint density at radius 1 is 0.949 bits per heavy atom. The van der Waals surface area contributed by atoms with Crippen LogP contribution in [0.2, 0.25) is 0 Å². The fourth-order valence-corrected chi connectivity index (χ4v) is 5.09. The first-order valence-corrected chi connectivity index (χ1v) is 14.1. The molecular weight excluding hydrogens is 486 g/mol. The zero-order chi connectivity index (χ0) is 27.2. The van der Waals surface area contributed by atoms with E-state index in [2.05, 4.69) is 59.5 Å². The first-order chi connectivity index (χ1) is 18.9. The second-order valence-electron chi connectivity index (χ2n) is 11.5. The van der Waals surface area contributed by atoms with Gasteiger partial charge in [-0.3, -0.25) is 9.69 Å². The van der Waals surface area contributed by atoms with Crippen LogP contribution in [-0.2, 0) is 4.79 Å². The molecule has 0 N–H and O–H groups in total. The van der Waals surface area contributed by atoms with Gasteiger partial charge in [-0.2, -0.15) is 0 Å². The Morgan fingerprint density at radius 2 is 1.67 bits per heavy atom. The Balaban J connectivity index is 1.36. The van der Waals surface area contributed by atoms with Crippen molar-refractivity contribution in [2.45, 2.75) is 46.0 Å². The largest absolute Gasteiger partial charge is 0.492 e. The minimum Gasteiger partial charge on any atom is -0.492 e. The molecule has 0 aromatic heterocycles. The molecule has 1 saturated heterocycles. The molecule has 0 aliphatic carbocycles. The Hall–Kier alpha value is -3.57. The lowest BCUT2D eigenvalue weighted by Gasteiger charge is -2.29. The van der Waals surface area contributed by atoms with Gasteiger partial charge < -0.3 is 14.2 Å². The summed E-state index contributed by atoms with van der Waals surface area (Å²) >= 11 is 0. The van der Waals surface area contributed by atoms with E-state index < -0.39 is 5.41 Å². The molecule has 0 saturated carbocycles. The van der Waals surface area contributed by atoms with Crippen molar-refractivity contribution < 1.29 is 19.0 Å². The Bertz CT molecular complexity index is 1290. The molecule has 0 amide bonds. The number of carbonyl (C=O) groups is 1. The maximum Gasteiger partial charge on any atom is 0.316 e. The predicted molar refractivity (Wildman–Crippen MR) is 156 cm³/mol. The fourth-order valence-electron chi connectivity index (χ4n) is 5.09. The van der Waals surface area contributed by atoms with Gasteiger partial charge in [-0.05, 0) is 87.7 Å². The summed E-state index contributed by atoms with van der Waals surface area (Å²) in [5.41, 5.74) is 3.91. The number of esters is 1. The molecule has 1 atom stereocenters. The maximum atomic E-state index is 12.4. The average Bonchev–Trinajstić information content (AvgIpc) is 2.94. The van der Waals surface area contributed by atoms with Crippen LogP contribution >= 0.6 is 0 Å². The van der Waals surface area contributed by atoms with Crippen molar-refractivity contribution in [3.63, 3.8) is 0 Å². The van der Waals surface area contributed by atoms with Crippen LogP contribution in [0.4, 0.5) is 0 Å². The summed E-state index contributed by atoms with van der Waals surface area (Å²) < 4.78 is 17.9. The summed E-state index contributed by atoms with van der Waals surface area (Å²) in [6.07, 6.45) is 6.18. The van der Waals surface area contributed by atoms with Gasteiger partial charge in [-0.25, -0.2) is 0 Å². The smallest absolute Gasteiger partial charge is 0.316 e. The molecule has 3 aromatic rings. The second-order valence-corrected chi connectivity index (χ2v) is 11.5. The summed E-state index contributed by atoms with van der Waals surface area (Å²) in [7, 11) is 0. The fraction of sp³-hybridized carbons (Fsp3) is 0.382. The second kappa shape index (κ2) is 12.1. The highest BCUT2D eigenvalue weighted by Gasteiger charge is 2.28. The van der Waals surface area contributed by atoms with Crippen LogP contribution in [-0.4, -0.2) is 43.7 Å². The van der Waals surface area contributed by atoms with Gasteiger partial charge in [0.15, 0.2) is 0 Å². The normalized spacial score (nSPS) is 18.7. The zero-order valence-electron chi connectivity index (χ0n) is 23.3. The van der Waals surface area contributed by atoms with Crippen molar-refractivity contribution in [3.8, 4) is 17.2 Å². The number of hydrogen-bond donors (Lipinski definition) is 0. The first kappa shape index (κ1) is 27.0. The van der Waals surface area contributed by atoms with E-state index in [1.807, 2.05) is 45.0 Å². The number of likely N-dealkylation sites (tertiary alicyclic amines) is 1. The highest BCUT2D eigenvalue weighted by Crippen LogP contribution is 2.44. The number of fused-ring (bicyclic) bond motifs is 1. The summed E-state index contributed by atoms with van der Waals surface area (Å²) in [6.45, 7) is 10.1. The predicted octanol–water partition coefficient (Wildman–Crippen LogP) is 7.22. The summed E-state index contributed by atoms with van der Waals surface area (Å²) in [5, 5.41) is 0. The van der Waals surface area contributed by atoms with E-state index in [0.29, 0.717) is 19.0 Å². The Kier molecular flexibility index (Phi) is 8.37. The quantitative estimate of drug-likeness (QED) is 0.241. The molecule has 0 radical (unpaired) electrons. The third kappa shape index (κ3) is 6.90. The highest BCUT2D eigenvalue weighted by atomic mass is 16.5. The lowest BCUT2D eigenvalue weighted by molar-refractivity contribution is -0.143. The standard InChI is InChI=1S/C34H39NO4/c1-34(2,3)33(36)39-28-16-17-29-30(31(24-38-32(29)23-28)26-10-6-4-7-11-26)22-25-12-14-27(15-13-25)37-21-20-35-18-8-5-9-19-35/h4,6-7,10-17,22-23,31H,5,8-9,18-21,24H2,1-3H3/b30-22-. The summed E-state index contributed by atoms with van der Waals surface area (Å²) in [5.74, 6) is 1.94. The van der Waals surface area contributed by atoms with Crippen LogP contribution in [0.15, 0.2) is 72.8 Å². The molecule has 39 heavy (non-hydrogen) atoms. The number of piperidine rings is 1. The van der Waals surface area contributed by atoms with E-state index in [9.17, 15) is 4.79 Å². The van der Waals surface area contributed by atoms with Gasteiger partial charge in [0.25, 0.3) is 0 Å². The topological polar surface area (TPSA) is 48.0 Å². The Morgan fingerprint density at radius 3 is 2.38 bits per heavy atom. The van der Waals surface area contributed by atoms with Gasteiger partial charge >= 0.3 is 5.97 Å². The molecule has 1 fully saturated rings. The SMILES string of the molecule is CC(C)(C)C(=O)Oc1ccc2c(c1)OCC(c1ccccc1)/C2=C\c1ccc(OCCN2CCCCC2)cc1. The lowest BCUT2D eigenvalue weighted by Crippen LogP contribution is -2.33. The van der Waals surface area contributed by atoms with E-state index in [1.165, 1.54) is 43.5 Å². The number of benzene rings is 3. The molecule has 0 bridgehead atoms. The van der Waals surface area contributed by atoms with Crippen LogP contribution in [0.1, 0.15) is 62.6 Å². The highest BCUT2D eigenvalue weighted by molar-refractivity contribution is 5.89. The average molecular weight is 526 g/mol. The molecular formula is C34H39NO4. The van der Waals surface area contributed by atoms with Crippen LogP contribution in [0.5, 0.6) is 17.2 Å². The van der Waals surface area contributed by atoms with Crippen molar-refractivity contribution in [2.75, 3.05) is 32.8 Å². The van der Waals surface area contributed by atoms with Crippen LogP contribution in [0, 0.1) is 5.41 Å². The number of ether oxygens (including phenoxy) is 3. The molecule has 3 aromatic carbocycles. The van der Waals surface area contributed by atoms with E-state index in [1.54, 1.807) is 0 Å². The van der Waals surface area contributed by atoms with Crippen molar-refractivity contribution in [1.29, 1.82) is 0 Å². The monoisotopic (exact) mass is 525 g/mol. The number of nitrogens with zero attached hydrogens (tertiary/aromatic N) is 1. The van der Waals surface area contributed by atoms with Crippen LogP contribution in [0.25, 0.3) is 11.6 Å². The van der Waals surface area contributed by atoms with Gasteiger partial charge in [0.05, 0.1) is 12.0 Å². The summed E-state index contributed by atoms with van der Waals surface area (Å²) in [6, 6.07) is 24.5. The van der Waals surface area contributed by atoms with E-state index in [4.69, 9.17) is 14.2 Å². The molecule has 5 nitrogen and oxygen atoms in total. The van der Waals surface area contributed by atoms with Gasteiger partial charge in [-0.15, -0.1) is 0 Å². The minimum atomic E-state index is -0.580. The van der Waals surface area contributed by atoms with Crippen molar-refractivity contribution in [2.24, 2.45) is 5.41 Å². The van der Waals surface area contributed by atoms with Crippen molar-refractivity contribution in [1.82, 2.24) is 4.90 Å². The maximum absolute atomic E-state index is 12.4. The third-order valence-electron chi connectivity index (χ3n) is 7.40. The minimum absolute atomic E-state index is 0.0853. The van der Waals surface area contributed by atoms with Crippen molar-refractivity contribution >= 4 is 17.6 Å². The van der Waals surface area contributed by atoms with Crippen LogP contribution < -0.4 is 14.2 Å². The first-order valence-electron chi connectivity index (χ1n) is 14.1. The van der Waals surface area contributed by atoms with Crippen molar-refractivity contribution in [3.05, 3.63) is 89.5 Å². The number of hydrogen-bond acceptors (Lipinski definition) is 5. The zero-order valence-corrected chi connectivity index (χ0v) is 23.3. The van der Waals surface area contributed by atoms with Gasteiger partial charge in [0.1, 0.15) is 23.9 Å². The van der Waals surface area contributed by atoms with Crippen LogP contribution in [0.3, 0.4) is 0 Å². The molecule has 2 aliphatic rings. The van der Waals surface area contributed by atoms with E-state index >= 15 is 0 Å². The number of carbonyl (C=O) groups excluding carboxylic acids is 1. The molecule has 0 spiro atoms. The van der Waals surface area contributed by atoms with Gasteiger partial charge in [-0.1, -0.05) is 55.0 Å². The molecule has 204 valence electrons. The molecule has 2 aliphatic heterocycles. The molecule has 2 heterocycles. The van der Waals surface area contributed by atoms with Gasteiger partial charge in [0, 0.05) is 24.1 Å². The van der Waals surface area contributed by atoms with Gasteiger partial charge in [0.2, 0.25) is 0 Å². The number of rotatable bonds is 7. The molecule has 5 heteroatoms.